The molecule has 0 spiro atoms. The van der Waals surface area contributed by atoms with Crippen molar-refractivity contribution in [1.82, 2.24) is 5.32 Å². The molecule has 0 saturated carbocycles. The molecule has 106 valence electrons. The number of methoxy groups -OCH3 is 1. The molecule has 3 heteroatoms. The van der Waals surface area contributed by atoms with Gasteiger partial charge in [-0.1, -0.05) is 26.0 Å². The number of hydrogen-bond acceptors (Lipinski definition) is 3. The summed E-state index contributed by atoms with van der Waals surface area (Å²) in [7, 11) is 1.73. The molecule has 0 aliphatic carbocycles. The molecule has 0 bridgehead atoms. The molecule has 1 heterocycles. The smallest absolute Gasteiger partial charge is 0.122 e. The molecule has 19 heavy (non-hydrogen) atoms. The number of ether oxygens (including phenoxy) is 1. The zero-order valence-corrected chi connectivity index (χ0v) is 12.3. The van der Waals surface area contributed by atoms with Crippen molar-refractivity contribution in [1.29, 1.82) is 0 Å². The lowest BCUT2D eigenvalue weighted by molar-refractivity contribution is 0.407. The predicted molar refractivity (Wildman–Crippen MR) is 79.7 cm³/mol. The monoisotopic (exact) mass is 262 g/mol. The largest absolute Gasteiger partial charge is 0.496 e. The second-order valence-electron chi connectivity index (χ2n) is 5.79. The first kappa shape index (κ1) is 14.4. The van der Waals surface area contributed by atoms with Gasteiger partial charge in [-0.25, -0.2) is 0 Å². The molecule has 2 atom stereocenters. The maximum absolute atomic E-state index is 6.35. The third-order valence-electron chi connectivity index (χ3n) is 4.00. The number of hydrogen-bond donors (Lipinski definition) is 2. The SMILES string of the molecule is COc1ccc(C(N)CC2CCCN2)cc1C(C)C. The molecule has 0 aromatic heterocycles. The van der Waals surface area contributed by atoms with Crippen LogP contribution in [0.5, 0.6) is 5.75 Å². The topological polar surface area (TPSA) is 47.3 Å². The summed E-state index contributed by atoms with van der Waals surface area (Å²) >= 11 is 0. The van der Waals surface area contributed by atoms with Crippen molar-refractivity contribution < 1.29 is 4.74 Å². The van der Waals surface area contributed by atoms with Crippen LogP contribution >= 0.6 is 0 Å². The van der Waals surface area contributed by atoms with Crippen molar-refractivity contribution in [3.8, 4) is 5.75 Å². The Morgan fingerprint density at radius 1 is 1.42 bits per heavy atom. The Labute approximate surface area is 116 Å². The van der Waals surface area contributed by atoms with Gasteiger partial charge in [0.25, 0.3) is 0 Å². The number of benzene rings is 1. The molecule has 3 N–H and O–H groups in total. The zero-order valence-electron chi connectivity index (χ0n) is 12.3. The Bertz CT molecular complexity index is 411. The van der Waals surface area contributed by atoms with Crippen molar-refractivity contribution in [2.24, 2.45) is 5.73 Å². The molecule has 1 aromatic rings. The molecule has 0 radical (unpaired) electrons. The minimum Gasteiger partial charge on any atom is -0.496 e. The van der Waals surface area contributed by atoms with E-state index in [0.717, 1.165) is 18.7 Å². The Kier molecular flexibility index (Phi) is 4.83. The number of nitrogens with two attached hydrogens (primary N) is 1. The van der Waals surface area contributed by atoms with E-state index < -0.39 is 0 Å². The highest BCUT2D eigenvalue weighted by Crippen LogP contribution is 2.30. The van der Waals surface area contributed by atoms with Crippen molar-refractivity contribution in [2.75, 3.05) is 13.7 Å². The summed E-state index contributed by atoms with van der Waals surface area (Å²) in [5.41, 5.74) is 8.82. The van der Waals surface area contributed by atoms with E-state index in [1.165, 1.54) is 24.0 Å². The Morgan fingerprint density at radius 2 is 2.21 bits per heavy atom. The normalized spacial score (nSPS) is 20.8. The fourth-order valence-corrected chi connectivity index (χ4v) is 2.84. The Hall–Kier alpha value is -1.06. The third kappa shape index (κ3) is 3.48. The molecule has 1 aliphatic heterocycles. The molecule has 1 aromatic carbocycles. The van der Waals surface area contributed by atoms with E-state index in [9.17, 15) is 0 Å². The summed E-state index contributed by atoms with van der Waals surface area (Å²) in [4.78, 5) is 0. The maximum atomic E-state index is 6.35. The van der Waals surface area contributed by atoms with Crippen LogP contribution in [0.15, 0.2) is 18.2 Å². The molecule has 1 aliphatic rings. The number of rotatable bonds is 5. The van der Waals surface area contributed by atoms with Crippen LogP contribution in [0.1, 0.15) is 56.2 Å². The second kappa shape index (κ2) is 6.40. The van der Waals surface area contributed by atoms with Gasteiger partial charge in [-0.05, 0) is 48.9 Å². The van der Waals surface area contributed by atoms with E-state index in [0.29, 0.717) is 12.0 Å². The van der Waals surface area contributed by atoms with Crippen LogP contribution < -0.4 is 15.8 Å². The highest BCUT2D eigenvalue weighted by Gasteiger charge is 2.19. The standard InChI is InChI=1S/C16H26N2O/c1-11(2)14-9-12(6-7-16(14)19-3)15(17)10-13-5-4-8-18-13/h6-7,9,11,13,15,18H,4-5,8,10,17H2,1-3H3. The fourth-order valence-electron chi connectivity index (χ4n) is 2.84. The van der Waals surface area contributed by atoms with Crippen LogP contribution in [0, 0.1) is 0 Å². The van der Waals surface area contributed by atoms with Gasteiger partial charge >= 0.3 is 0 Å². The van der Waals surface area contributed by atoms with Gasteiger partial charge in [0.2, 0.25) is 0 Å². The second-order valence-corrected chi connectivity index (χ2v) is 5.79. The Morgan fingerprint density at radius 3 is 2.79 bits per heavy atom. The lowest BCUT2D eigenvalue weighted by Crippen LogP contribution is -2.26. The van der Waals surface area contributed by atoms with Crippen LogP contribution in [-0.4, -0.2) is 19.7 Å². The molecule has 1 saturated heterocycles. The van der Waals surface area contributed by atoms with Gasteiger partial charge < -0.3 is 15.8 Å². The highest BCUT2D eigenvalue weighted by molar-refractivity contribution is 5.40. The zero-order chi connectivity index (χ0) is 13.8. The maximum Gasteiger partial charge on any atom is 0.122 e. The van der Waals surface area contributed by atoms with E-state index >= 15 is 0 Å². The molecule has 3 nitrogen and oxygen atoms in total. The van der Waals surface area contributed by atoms with Crippen LogP contribution in [0.2, 0.25) is 0 Å². The van der Waals surface area contributed by atoms with E-state index in [4.69, 9.17) is 10.5 Å². The summed E-state index contributed by atoms with van der Waals surface area (Å²) < 4.78 is 5.42. The minimum absolute atomic E-state index is 0.110. The molecule has 0 amide bonds. The van der Waals surface area contributed by atoms with Gasteiger partial charge in [-0.2, -0.15) is 0 Å². The van der Waals surface area contributed by atoms with Gasteiger partial charge in [0, 0.05) is 12.1 Å². The predicted octanol–water partition coefficient (Wildman–Crippen LogP) is 2.96. The van der Waals surface area contributed by atoms with Crippen LogP contribution in [0.3, 0.4) is 0 Å². The summed E-state index contributed by atoms with van der Waals surface area (Å²) in [6.45, 7) is 5.51. The van der Waals surface area contributed by atoms with Gasteiger partial charge in [-0.3, -0.25) is 0 Å². The average molecular weight is 262 g/mol. The van der Waals surface area contributed by atoms with Crippen LogP contribution in [0.25, 0.3) is 0 Å². The summed E-state index contributed by atoms with van der Waals surface area (Å²) in [6.07, 6.45) is 3.54. The van der Waals surface area contributed by atoms with E-state index in [-0.39, 0.29) is 6.04 Å². The van der Waals surface area contributed by atoms with Crippen molar-refractivity contribution in [3.63, 3.8) is 0 Å². The average Bonchev–Trinajstić information content (AvgIpc) is 2.90. The minimum atomic E-state index is 0.110. The number of nitrogens with one attached hydrogen (secondary N) is 1. The first-order chi connectivity index (χ1) is 9.11. The summed E-state index contributed by atoms with van der Waals surface area (Å²) in [5.74, 6) is 1.41. The van der Waals surface area contributed by atoms with Gasteiger partial charge in [-0.15, -0.1) is 0 Å². The molecular weight excluding hydrogens is 236 g/mol. The van der Waals surface area contributed by atoms with Gasteiger partial charge in [0.15, 0.2) is 0 Å². The van der Waals surface area contributed by atoms with E-state index in [1.54, 1.807) is 7.11 Å². The third-order valence-corrected chi connectivity index (χ3v) is 4.00. The van der Waals surface area contributed by atoms with E-state index in [2.05, 4.69) is 31.3 Å². The highest BCUT2D eigenvalue weighted by atomic mass is 16.5. The van der Waals surface area contributed by atoms with Gasteiger partial charge in [0.1, 0.15) is 5.75 Å². The van der Waals surface area contributed by atoms with Crippen LogP contribution in [-0.2, 0) is 0 Å². The van der Waals surface area contributed by atoms with Crippen molar-refractivity contribution >= 4 is 0 Å². The molecule has 2 unspecified atom stereocenters. The first-order valence-electron chi connectivity index (χ1n) is 7.28. The molecule has 1 fully saturated rings. The lowest BCUT2D eigenvalue weighted by Gasteiger charge is -2.20. The first-order valence-corrected chi connectivity index (χ1v) is 7.28. The quantitative estimate of drug-likeness (QED) is 0.857. The van der Waals surface area contributed by atoms with Crippen molar-refractivity contribution in [2.45, 2.75) is 51.1 Å². The fraction of sp³-hybridized carbons (Fsp3) is 0.625. The molecule has 2 rings (SSSR count). The van der Waals surface area contributed by atoms with Crippen molar-refractivity contribution in [3.05, 3.63) is 29.3 Å². The lowest BCUT2D eigenvalue weighted by atomic mass is 9.94. The Balaban J connectivity index is 2.12. The van der Waals surface area contributed by atoms with E-state index in [1.807, 2.05) is 6.07 Å². The summed E-state index contributed by atoms with van der Waals surface area (Å²) in [5, 5.41) is 3.51. The van der Waals surface area contributed by atoms with Gasteiger partial charge in [0.05, 0.1) is 7.11 Å². The summed E-state index contributed by atoms with van der Waals surface area (Å²) in [6, 6.07) is 7.05. The van der Waals surface area contributed by atoms with Crippen LogP contribution in [0.4, 0.5) is 0 Å². The molecular formula is C16H26N2O.